The van der Waals surface area contributed by atoms with Gasteiger partial charge in [0, 0.05) is 48.5 Å². The highest BCUT2D eigenvalue weighted by Crippen LogP contribution is 2.10. The number of benzene rings is 1. The molecule has 0 saturated carbocycles. The first kappa shape index (κ1) is 25.4. The third-order valence-corrected chi connectivity index (χ3v) is 4.58. The lowest BCUT2D eigenvalue weighted by atomic mass is 10.2. The highest BCUT2D eigenvalue weighted by Gasteiger charge is 2.04. The molecular weight excluding hydrogens is 547 g/mol. The second-order valence-corrected chi connectivity index (χ2v) is 7.37. The number of hydrogen-bond acceptors (Lipinski definition) is 3. The first-order valence-electron chi connectivity index (χ1n) is 9.56. The first-order valence-corrected chi connectivity index (χ1v) is 10.4. The maximum absolute atomic E-state index is 12.1. The van der Waals surface area contributed by atoms with Crippen LogP contribution in [-0.4, -0.2) is 47.8 Å². The topological polar surface area (TPSA) is 83.3 Å². The summed E-state index contributed by atoms with van der Waals surface area (Å²) in [4.78, 5) is 16.7. The zero-order valence-electron chi connectivity index (χ0n) is 17.2. The van der Waals surface area contributed by atoms with Crippen molar-refractivity contribution in [2.45, 2.75) is 33.7 Å². The number of carbonyl (C=O) groups excluding carboxylic acids is 1. The standard InChI is InChI=1S/C20H29BrN6O.HI/c1-4-22-20(24-10-5-13-27-16(3)14-15(2)26-27)25-12-11-23-19(28)17-6-8-18(21)9-7-17;/h6-9,14H,4-5,10-13H2,1-3H3,(H,23,28)(H2,22,24,25);1H. The van der Waals surface area contributed by atoms with Crippen molar-refractivity contribution >= 4 is 51.8 Å². The SMILES string of the molecule is CCNC(=NCCCn1nc(C)cc1C)NCCNC(=O)c1ccc(Br)cc1.I. The van der Waals surface area contributed by atoms with Crippen LogP contribution in [0, 0.1) is 13.8 Å². The largest absolute Gasteiger partial charge is 0.357 e. The molecule has 0 atom stereocenters. The molecule has 0 bridgehead atoms. The second kappa shape index (κ2) is 13.6. The van der Waals surface area contributed by atoms with Crippen LogP contribution < -0.4 is 16.0 Å². The minimum Gasteiger partial charge on any atom is -0.357 e. The number of halogens is 2. The Balaban J connectivity index is 0.00000420. The van der Waals surface area contributed by atoms with Gasteiger partial charge in [0.1, 0.15) is 0 Å². The monoisotopic (exact) mass is 576 g/mol. The van der Waals surface area contributed by atoms with Crippen LogP contribution in [0.1, 0.15) is 35.1 Å². The van der Waals surface area contributed by atoms with Crippen molar-refractivity contribution in [3.05, 3.63) is 51.8 Å². The van der Waals surface area contributed by atoms with Gasteiger partial charge in [-0.3, -0.25) is 14.5 Å². The summed E-state index contributed by atoms with van der Waals surface area (Å²) in [5, 5.41) is 13.8. The van der Waals surface area contributed by atoms with Crippen LogP contribution in [0.25, 0.3) is 0 Å². The van der Waals surface area contributed by atoms with Gasteiger partial charge in [-0.25, -0.2) is 0 Å². The van der Waals surface area contributed by atoms with Crippen LogP contribution in [0.15, 0.2) is 39.8 Å². The number of hydrogen-bond donors (Lipinski definition) is 3. The molecule has 0 aliphatic heterocycles. The first-order chi connectivity index (χ1) is 13.5. The number of aryl methyl sites for hydroxylation is 3. The van der Waals surface area contributed by atoms with E-state index in [-0.39, 0.29) is 29.9 Å². The highest BCUT2D eigenvalue weighted by molar-refractivity contribution is 14.0. The number of aliphatic imine (C=N–C) groups is 1. The van der Waals surface area contributed by atoms with Gasteiger partial charge in [0.25, 0.3) is 5.91 Å². The number of nitrogens with one attached hydrogen (secondary N) is 3. The fourth-order valence-electron chi connectivity index (χ4n) is 2.71. The van der Waals surface area contributed by atoms with E-state index in [1.807, 2.05) is 30.7 Å². The van der Waals surface area contributed by atoms with Gasteiger partial charge in [-0.1, -0.05) is 15.9 Å². The smallest absolute Gasteiger partial charge is 0.251 e. The van der Waals surface area contributed by atoms with Gasteiger partial charge in [0.05, 0.1) is 5.69 Å². The molecule has 0 fully saturated rings. The van der Waals surface area contributed by atoms with Gasteiger partial charge >= 0.3 is 0 Å². The van der Waals surface area contributed by atoms with E-state index in [2.05, 4.69) is 55.0 Å². The van der Waals surface area contributed by atoms with Crippen molar-refractivity contribution in [3.8, 4) is 0 Å². The summed E-state index contributed by atoms with van der Waals surface area (Å²) in [6.07, 6.45) is 0.916. The molecule has 1 aromatic heterocycles. The lowest BCUT2D eigenvalue weighted by Crippen LogP contribution is -2.41. The predicted octanol–water partition coefficient (Wildman–Crippen LogP) is 3.26. The lowest BCUT2D eigenvalue weighted by molar-refractivity contribution is 0.0954. The van der Waals surface area contributed by atoms with Crippen molar-refractivity contribution in [2.75, 3.05) is 26.2 Å². The summed E-state index contributed by atoms with van der Waals surface area (Å²) < 4.78 is 2.97. The molecule has 0 aliphatic rings. The summed E-state index contributed by atoms with van der Waals surface area (Å²) in [5.41, 5.74) is 2.86. The van der Waals surface area contributed by atoms with Gasteiger partial charge in [0.2, 0.25) is 0 Å². The number of carbonyl (C=O) groups is 1. The van der Waals surface area contributed by atoms with E-state index in [9.17, 15) is 4.79 Å². The van der Waals surface area contributed by atoms with Gasteiger partial charge in [-0.15, -0.1) is 24.0 Å². The van der Waals surface area contributed by atoms with Crippen LogP contribution >= 0.6 is 39.9 Å². The maximum atomic E-state index is 12.1. The van der Waals surface area contributed by atoms with Gasteiger partial charge in [-0.2, -0.15) is 5.10 Å². The maximum Gasteiger partial charge on any atom is 0.251 e. The number of guanidine groups is 1. The van der Waals surface area contributed by atoms with Crippen molar-refractivity contribution in [1.29, 1.82) is 0 Å². The number of amides is 1. The molecule has 2 aromatic rings. The van der Waals surface area contributed by atoms with E-state index in [0.717, 1.165) is 35.6 Å². The third kappa shape index (κ3) is 9.16. The van der Waals surface area contributed by atoms with Crippen molar-refractivity contribution in [3.63, 3.8) is 0 Å². The molecule has 0 saturated heterocycles. The molecule has 0 radical (unpaired) electrons. The Bertz CT molecular complexity index is 791. The molecule has 9 heteroatoms. The minimum atomic E-state index is -0.0823. The summed E-state index contributed by atoms with van der Waals surface area (Å²) in [6.45, 7) is 9.57. The summed E-state index contributed by atoms with van der Waals surface area (Å²) in [6, 6.07) is 9.38. The summed E-state index contributed by atoms with van der Waals surface area (Å²) in [7, 11) is 0. The van der Waals surface area contributed by atoms with Crippen LogP contribution in [0.3, 0.4) is 0 Å². The molecule has 7 nitrogen and oxygen atoms in total. The average molecular weight is 577 g/mol. The van der Waals surface area contributed by atoms with Crippen LogP contribution in [-0.2, 0) is 6.54 Å². The molecule has 1 heterocycles. The van der Waals surface area contributed by atoms with Gasteiger partial charge < -0.3 is 16.0 Å². The molecule has 1 amide bonds. The summed E-state index contributed by atoms with van der Waals surface area (Å²) >= 11 is 3.37. The Morgan fingerprint density at radius 2 is 1.83 bits per heavy atom. The molecule has 29 heavy (non-hydrogen) atoms. The normalized spacial score (nSPS) is 11.0. The molecule has 0 unspecified atom stereocenters. The molecule has 160 valence electrons. The van der Waals surface area contributed by atoms with E-state index in [0.29, 0.717) is 25.2 Å². The molecule has 0 aliphatic carbocycles. The van der Waals surface area contributed by atoms with Crippen LogP contribution in [0.2, 0.25) is 0 Å². The predicted molar refractivity (Wildman–Crippen MR) is 132 cm³/mol. The van der Waals surface area contributed by atoms with E-state index in [1.165, 1.54) is 5.69 Å². The third-order valence-electron chi connectivity index (χ3n) is 4.05. The Morgan fingerprint density at radius 3 is 2.45 bits per heavy atom. The Hall–Kier alpha value is -1.62. The Kier molecular flexibility index (Phi) is 11.9. The van der Waals surface area contributed by atoms with Crippen LogP contribution in [0.5, 0.6) is 0 Å². The van der Waals surface area contributed by atoms with Crippen molar-refractivity contribution in [2.24, 2.45) is 4.99 Å². The number of aromatic nitrogens is 2. The van der Waals surface area contributed by atoms with E-state index in [1.54, 1.807) is 12.1 Å². The fourth-order valence-corrected chi connectivity index (χ4v) is 2.98. The van der Waals surface area contributed by atoms with Gasteiger partial charge in [-0.05, 0) is 57.5 Å². The highest BCUT2D eigenvalue weighted by atomic mass is 127. The van der Waals surface area contributed by atoms with Crippen LogP contribution in [0.4, 0.5) is 0 Å². The molecule has 1 aromatic carbocycles. The Labute approximate surface area is 198 Å². The minimum absolute atomic E-state index is 0. The molecule has 2 rings (SSSR count). The average Bonchev–Trinajstić information content (AvgIpc) is 2.99. The number of nitrogens with zero attached hydrogens (tertiary/aromatic N) is 3. The van der Waals surface area contributed by atoms with E-state index >= 15 is 0 Å². The fraction of sp³-hybridized carbons (Fsp3) is 0.450. The zero-order chi connectivity index (χ0) is 20.4. The lowest BCUT2D eigenvalue weighted by Gasteiger charge is -2.12. The van der Waals surface area contributed by atoms with E-state index in [4.69, 9.17) is 0 Å². The zero-order valence-corrected chi connectivity index (χ0v) is 21.1. The molecule has 0 spiro atoms. The number of rotatable bonds is 9. The molecular formula is C20H30BrIN6O. The Morgan fingerprint density at radius 1 is 1.14 bits per heavy atom. The van der Waals surface area contributed by atoms with Crippen molar-refractivity contribution < 1.29 is 4.79 Å². The van der Waals surface area contributed by atoms with Crippen molar-refractivity contribution in [1.82, 2.24) is 25.7 Å². The quantitative estimate of drug-likeness (QED) is 0.185. The summed E-state index contributed by atoms with van der Waals surface area (Å²) in [5.74, 6) is 0.676. The van der Waals surface area contributed by atoms with E-state index < -0.39 is 0 Å². The van der Waals surface area contributed by atoms with Gasteiger partial charge in [0.15, 0.2) is 5.96 Å². The molecule has 3 N–H and O–H groups in total. The second-order valence-electron chi connectivity index (χ2n) is 6.45.